The minimum atomic E-state index is -0.123. The number of aromatic nitrogens is 4. The fourth-order valence-electron chi connectivity index (χ4n) is 2.46. The highest BCUT2D eigenvalue weighted by Gasteiger charge is 2.14. The van der Waals surface area contributed by atoms with Crippen LogP contribution in [0.3, 0.4) is 0 Å². The monoisotopic (exact) mass is 311 g/mol. The molecule has 1 amide bonds. The van der Waals surface area contributed by atoms with Gasteiger partial charge in [-0.3, -0.25) is 9.48 Å². The quantitative estimate of drug-likeness (QED) is 0.805. The third-order valence-electron chi connectivity index (χ3n) is 3.79. The number of carbonyl (C=O) groups excluding carboxylic acids is 1. The third kappa shape index (κ3) is 3.11. The summed E-state index contributed by atoms with van der Waals surface area (Å²) in [6.07, 6.45) is 5.70. The summed E-state index contributed by atoms with van der Waals surface area (Å²) in [4.78, 5) is 16.9. The predicted octanol–water partition coefficient (Wildman–Crippen LogP) is 2.66. The number of hydrogen-bond acceptors (Lipinski definition) is 3. The van der Waals surface area contributed by atoms with Crippen molar-refractivity contribution in [3.05, 3.63) is 53.2 Å². The van der Waals surface area contributed by atoms with Crippen molar-refractivity contribution >= 4 is 11.6 Å². The number of carbonyl (C=O) groups is 1. The lowest BCUT2D eigenvalue weighted by molar-refractivity contribution is 0.0950. The molecule has 23 heavy (non-hydrogen) atoms. The first-order chi connectivity index (χ1) is 10.9. The Morgan fingerprint density at radius 3 is 2.78 bits per heavy atom. The summed E-state index contributed by atoms with van der Waals surface area (Å²) in [5.41, 5.74) is 4.23. The van der Waals surface area contributed by atoms with Crippen LogP contribution in [0.15, 0.2) is 30.7 Å². The number of aryl methyl sites for hydroxylation is 2. The molecule has 6 heteroatoms. The maximum Gasteiger partial charge on any atom is 0.255 e. The zero-order chi connectivity index (χ0) is 16.6. The Kier molecular flexibility index (Phi) is 3.90. The number of nitrogens with one attached hydrogen (secondary N) is 1. The van der Waals surface area contributed by atoms with E-state index < -0.39 is 0 Å². The van der Waals surface area contributed by atoms with E-state index in [9.17, 15) is 4.79 Å². The van der Waals surface area contributed by atoms with Gasteiger partial charge >= 0.3 is 0 Å². The van der Waals surface area contributed by atoms with Gasteiger partial charge in [0.05, 0.1) is 23.5 Å². The molecule has 0 saturated carbocycles. The second-order valence-corrected chi connectivity index (χ2v) is 6.09. The molecule has 3 heterocycles. The molecule has 0 unspecified atom stereocenters. The summed E-state index contributed by atoms with van der Waals surface area (Å²) in [5.74, 6) is -0.123. The molecule has 0 bridgehead atoms. The number of nitrogens with zero attached hydrogens (tertiary/aromatic N) is 4. The molecule has 1 N–H and O–H groups in total. The number of hydrogen-bond donors (Lipinski definition) is 1. The number of imidazole rings is 1. The van der Waals surface area contributed by atoms with Gasteiger partial charge < -0.3 is 9.72 Å². The van der Waals surface area contributed by atoms with E-state index in [0.717, 1.165) is 22.6 Å². The van der Waals surface area contributed by atoms with Crippen LogP contribution in [-0.4, -0.2) is 25.1 Å². The molecule has 3 aromatic heterocycles. The van der Waals surface area contributed by atoms with Crippen LogP contribution < -0.4 is 5.32 Å². The average Bonchev–Trinajstić information content (AvgIpc) is 3.07. The number of rotatable bonds is 4. The molecule has 0 atom stereocenters. The molecule has 0 fully saturated rings. The van der Waals surface area contributed by atoms with Crippen molar-refractivity contribution in [3.8, 4) is 0 Å². The normalized spacial score (nSPS) is 11.3. The molecule has 0 aliphatic carbocycles. The van der Waals surface area contributed by atoms with Crippen molar-refractivity contribution in [2.45, 2.75) is 40.3 Å². The van der Waals surface area contributed by atoms with Crippen molar-refractivity contribution in [2.24, 2.45) is 0 Å². The molecule has 0 saturated heterocycles. The molecule has 3 rings (SSSR count). The molecule has 0 spiro atoms. The fraction of sp³-hybridized carbons (Fsp3) is 0.353. The number of amides is 1. The Bertz CT molecular complexity index is 859. The average molecular weight is 311 g/mol. The van der Waals surface area contributed by atoms with E-state index >= 15 is 0 Å². The molecule has 3 aromatic rings. The van der Waals surface area contributed by atoms with Crippen molar-refractivity contribution in [2.75, 3.05) is 0 Å². The Hall–Kier alpha value is -2.63. The Morgan fingerprint density at radius 1 is 1.30 bits per heavy atom. The summed E-state index contributed by atoms with van der Waals surface area (Å²) in [6.45, 7) is 8.35. The van der Waals surface area contributed by atoms with Gasteiger partial charge in [0.15, 0.2) is 0 Å². The van der Waals surface area contributed by atoms with Crippen LogP contribution in [0.25, 0.3) is 5.65 Å². The summed E-state index contributed by atoms with van der Waals surface area (Å²) in [7, 11) is 0. The SMILES string of the molecule is Cc1ccn2cc(CNC(=O)c3cn(C(C)C)nc3C)nc2c1. The highest BCUT2D eigenvalue weighted by atomic mass is 16.1. The highest BCUT2D eigenvalue weighted by molar-refractivity contribution is 5.94. The highest BCUT2D eigenvalue weighted by Crippen LogP contribution is 2.11. The van der Waals surface area contributed by atoms with Gasteiger partial charge in [0, 0.05) is 24.6 Å². The third-order valence-corrected chi connectivity index (χ3v) is 3.79. The van der Waals surface area contributed by atoms with E-state index in [4.69, 9.17) is 0 Å². The molecule has 120 valence electrons. The first kappa shape index (κ1) is 15.3. The summed E-state index contributed by atoms with van der Waals surface area (Å²) in [5, 5.41) is 7.28. The standard InChI is InChI=1S/C17H21N5O/c1-11(2)22-10-15(13(4)20-22)17(23)18-8-14-9-21-6-5-12(3)7-16(21)19-14/h5-7,9-11H,8H2,1-4H3,(H,18,23). The summed E-state index contributed by atoms with van der Waals surface area (Å²) < 4.78 is 3.76. The maximum atomic E-state index is 12.3. The van der Waals surface area contributed by atoms with Gasteiger partial charge in [-0.15, -0.1) is 0 Å². The topological polar surface area (TPSA) is 64.2 Å². The maximum absolute atomic E-state index is 12.3. The molecular formula is C17H21N5O. The summed E-state index contributed by atoms with van der Waals surface area (Å²) in [6, 6.07) is 4.28. The lowest BCUT2D eigenvalue weighted by Gasteiger charge is -2.03. The molecule has 0 aliphatic rings. The van der Waals surface area contributed by atoms with Crippen LogP contribution in [0.2, 0.25) is 0 Å². The van der Waals surface area contributed by atoms with Crippen molar-refractivity contribution in [1.82, 2.24) is 24.5 Å². The van der Waals surface area contributed by atoms with E-state index in [1.807, 2.05) is 56.6 Å². The van der Waals surface area contributed by atoms with Crippen LogP contribution >= 0.6 is 0 Å². The first-order valence-corrected chi connectivity index (χ1v) is 7.72. The zero-order valence-corrected chi connectivity index (χ0v) is 13.9. The molecular weight excluding hydrogens is 290 g/mol. The van der Waals surface area contributed by atoms with E-state index in [2.05, 4.69) is 15.4 Å². The van der Waals surface area contributed by atoms with E-state index in [1.54, 1.807) is 10.9 Å². The first-order valence-electron chi connectivity index (χ1n) is 7.72. The Labute approximate surface area is 135 Å². The van der Waals surface area contributed by atoms with Crippen LogP contribution in [0, 0.1) is 13.8 Å². The minimum Gasteiger partial charge on any atom is -0.346 e. The Morgan fingerprint density at radius 2 is 2.09 bits per heavy atom. The van der Waals surface area contributed by atoms with E-state index in [-0.39, 0.29) is 11.9 Å². The lowest BCUT2D eigenvalue weighted by Crippen LogP contribution is -2.23. The van der Waals surface area contributed by atoms with Crippen LogP contribution in [0.5, 0.6) is 0 Å². The second-order valence-electron chi connectivity index (χ2n) is 6.09. The number of fused-ring (bicyclic) bond motifs is 1. The van der Waals surface area contributed by atoms with Crippen molar-refractivity contribution < 1.29 is 4.79 Å². The smallest absolute Gasteiger partial charge is 0.255 e. The minimum absolute atomic E-state index is 0.123. The fourth-order valence-corrected chi connectivity index (χ4v) is 2.46. The number of pyridine rings is 1. The zero-order valence-electron chi connectivity index (χ0n) is 13.9. The van der Waals surface area contributed by atoms with Gasteiger partial charge in [-0.1, -0.05) is 0 Å². The molecule has 0 aromatic carbocycles. The van der Waals surface area contributed by atoms with Gasteiger partial charge in [0.1, 0.15) is 5.65 Å². The molecule has 0 aliphatic heterocycles. The van der Waals surface area contributed by atoms with Gasteiger partial charge in [-0.05, 0) is 45.4 Å². The second kappa shape index (κ2) is 5.87. The van der Waals surface area contributed by atoms with E-state index in [1.165, 1.54) is 0 Å². The van der Waals surface area contributed by atoms with Crippen molar-refractivity contribution in [3.63, 3.8) is 0 Å². The van der Waals surface area contributed by atoms with E-state index in [0.29, 0.717) is 12.1 Å². The van der Waals surface area contributed by atoms with Gasteiger partial charge in [0.2, 0.25) is 0 Å². The van der Waals surface area contributed by atoms with Crippen LogP contribution in [0.1, 0.15) is 47.2 Å². The lowest BCUT2D eigenvalue weighted by atomic mass is 10.2. The molecule has 0 radical (unpaired) electrons. The van der Waals surface area contributed by atoms with Crippen LogP contribution in [0.4, 0.5) is 0 Å². The van der Waals surface area contributed by atoms with Crippen molar-refractivity contribution in [1.29, 1.82) is 0 Å². The van der Waals surface area contributed by atoms with Crippen LogP contribution in [-0.2, 0) is 6.54 Å². The van der Waals surface area contributed by atoms with Gasteiger partial charge in [0.25, 0.3) is 5.91 Å². The largest absolute Gasteiger partial charge is 0.346 e. The summed E-state index contributed by atoms with van der Waals surface area (Å²) >= 11 is 0. The predicted molar refractivity (Wildman–Crippen MR) is 88.4 cm³/mol. The van der Waals surface area contributed by atoms with Gasteiger partial charge in [-0.2, -0.15) is 5.10 Å². The van der Waals surface area contributed by atoms with Gasteiger partial charge in [-0.25, -0.2) is 4.98 Å². The molecule has 6 nitrogen and oxygen atoms in total. The Balaban J connectivity index is 1.72.